The molecule has 0 aliphatic heterocycles. The molecule has 4 unspecified atom stereocenters. The minimum absolute atomic E-state index is 0.00491. The highest BCUT2D eigenvalue weighted by atomic mass is 19.2. The second-order valence-electron chi connectivity index (χ2n) is 10.4. The average molecular weight is 447 g/mol. The van der Waals surface area contributed by atoms with Crippen LogP contribution in [0.4, 0.5) is 8.78 Å². The molecule has 0 saturated heterocycles. The first-order valence-corrected chi connectivity index (χ1v) is 12.9. The lowest BCUT2D eigenvalue weighted by atomic mass is 9.61. The van der Waals surface area contributed by atoms with Gasteiger partial charge in [0.25, 0.3) is 0 Å². The van der Waals surface area contributed by atoms with E-state index in [4.69, 9.17) is 9.47 Å². The topological polar surface area (TPSA) is 18.5 Å². The van der Waals surface area contributed by atoms with Crippen molar-refractivity contribution in [2.24, 2.45) is 35.5 Å². The minimum Gasteiger partial charge on any atom is -0.491 e. The lowest BCUT2D eigenvalue weighted by Gasteiger charge is -2.45. The van der Waals surface area contributed by atoms with Crippen LogP contribution in [-0.2, 0) is 0 Å². The van der Waals surface area contributed by atoms with E-state index >= 15 is 0 Å². The van der Waals surface area contributed by atoms with Crippen LogP contribution in [-0.4, -0.2) is 13.2 Å². The Hall–Kier alpha value is -1.58. The van der Waals surface area contributed by atoms with E-state index in [1.54, 1.807) is 6.92 Å². The highest BCUT2D eigenvalue weighted by Gasteiger charge is 2.38. The minimum atomic E-state index is -0.953. The summed E-state index contributed by atoms with van der Waals surface area (Å²) in [4.78, 5) is 0. The summed E-state index contributed by atoms with van der Waals surface area (Å²) < 4.78 is 39.3. The van der Waals surface area contributed by atoms with Gasteiger partial charge in [-0.2, -0.15) is 8.78 Å². The number of allylic oxidation sites excluding steroid dienone is 2. The number of rotatable bonds is 7. The molecule has 0 spiro atoms. The van der Waals surface area contributed by atoms with Gasteiger partial charge in [0.1, 0.15) is 0 Å². The number of halogens is 2. The van der Waals surface area contributed by atoms with Crippen LogP contribution in [0.2, 0.25) is 0 Å². The Morgan fingerprint density at radius 1 is 0.781 bits per heavy atom. The van der Waals surface area contributed by atoms with Crippen LogP contribution in [0.15, 0.2) is 24.3 Å². The maximum absolute atomic E-state index is 14.3. The van der Waals surface area contributed by atoms with Crippen LogP contribution in [0.25, 0.3) is 0 Å². The Labute approximate surface area is 192 Å². The summed E-state index contributed by atoms with van der Waals surface area (Å²) in [7, 11) is 0. The highest BCUT2D eigenvalue weighted by molar-refractivity contribution is 5.35. The smallest absolute Gasteiger partial charge is 0.204 e. The number of ether oxygens (including phenoxy) is 2. The Morgan fingerprint density at radius 3 is 2.00 bits per heavy atom. The quantitative estimate of drug-likeness (QED) is 0.396. The maximum atomic E-state index is 14.3. The Bertz CT molecular complexity index is 769. The zero-order valence-corrected chi connectivity index (χ0v) is 19.8. The molecule has 2 nitrogen and oxygen atoms in total. The summed E-state index contributed by atoms with van der Waals surface area (Å²) >= 11 is 0. The van der Waals surface area contributed by atoms with Crippen LogP contribution >= 0.6 is 0 Å². The third-order valence-electron chi connectivity index (χ3n) is 8.50. The molecule has 0 amide bonds. The number of fused-ring (bicyclic) bond motifs is 1. The van der Waals surface area contributed by atoms with Crippen LogP contribution < -0.4 is 9.47 Å². The van der Waals surface area contributed by atoms with Gasteiger partial charge in [-0.15, -0.1) is 0 Å². The van der Waals surface area contributed by atoms with Gasteiger partial charge in [0.2, 0.25) is 11.6 Å². The zero-order chi connectivity index (χ0) is 22.5. The number of hydrogen-bond acceptors (Lipinski definition) is 2. The van der Waals surface area contributed by atoms with E-state index in [9.17, 15) is 8.78 Å². The van der Waals surface area contributed by atoms with E-state index in [-0.39, 0.29) is 11.5 Å². The molecule has 3 fully saturated rings. The molecule has 32 heavy (non-hydrogen) atoms. The molecule has 0 aromatic heterocycles. The summed E-state index contributed by atoms with van der Waals surface area (Å²) in [6.45, 7) is 4.67. The number of benzene rings is 1. The van der Waals surface area contributed by atoms with Crippen molar-refractivity contribution in [3.8, 4) is 11.5 Å². The summed E-state index contributed by atoms with van der Waals surface area (Å²) in [5, 5.41) is 0. The van der Waals surface area contributed by atoms with Crippen molar-refractivity contribution in [1.29, 1.82) is 0 Å². The molecule has 4 heteroatoms. The van der Waals surface area contributed by atoms with Crippen LogP contribution in [0, 0.1) is 47.1 Å². The first-order chi connectivity index (χ1) is 15.6. The van der Waals surface area contributed by atoms with Crippen molar-refractivity contribution in [2.45, 2.75) is 78.1 Å². The first-order valence-electron chi connectivity index (χ1n) is 12.9. The van der Waals surface area contributed by atoms with Crippen molar-refractivity contribution in [3.63, 3.8) is 0 Å². The zero-order valence-electron chi connectivity index (χ0n) is 19.8. The highest BCUT2D eigenvalue weighted by Crippen LogP contribution is 2.49. The van der Waals surface area contributed by atoms with Gasteiger partial charge >= 0.3 is 0 Å². The predicted octanol–water partition coefficient (Wildman–Crippen LogP) is 7.96. The molecule has 1 aromatic rings. The van der Waals surface area contributed by atoms with Crippen molar-refractivity contribution < 1.29 is 18.3 Å². The third-order valence-corrected chi connectivity index (χ3v) is 8.50. The molecule has 0 radical (unpaired) electrons. The van der Waals surface area contributed by atoms with Crippen molar-refractivity contribution in [1.82, 2.24) is 0 Å². The molecule has 178 valence electrons. The fourth-order valence-electron chi connectivity index (χ4n) is 6.78. The maximum Gasteiger partial charge on any atom is 0.204 e. The summed E-state index contributed by atoms with van der Waals surface area (Å²) in [6, 6.07) is 2.95. The standard InChI is InChI=1S/C28H40F2O2/c1-3-5-19-6-9-21(10-7-19)23-13-12-22-16-20(8-11-24(22)17-23)18-32-26-15-14-25(31-4-2)27(29)28(26)30/h3,5,14-15,19-24H,4,6-13,16-18H2,1-2H3/b5-3+. The van der Waals surface area contributed by atoms with Gasteiger partial charge < -0.3 is 9.47 Å². The second-order valence-corrected chi connectivity index (χ2v) is 10.4. The first kappa shape index (κ1) is 23.6. The molecule has 0 N–H and O–H groups in total. The normalized spacial score (nSPS) is 33.1. The van der Waals surface area contributed by atoms with Crippen molar-refractivity contribution in [2.75, 3.05) is 13.2 Å². The summed E-state index contributed by atoms with van der Waals surface area (Å²) in [5.74, 6) is 2.84. The van der Waals surface area contributed by atoms with Crippen LogP contribution in [0.1, 0.15) is 78.1 Å². The molecule has 3 saturated carbocycles. The molecule has 4 atom stereocenters. The molecule has 0 heterocycles. The monoisotopic (exact) mass is 446 g/mol. The molecule has 3 aliphatic rings. The van der Waals surface area contributed by atoms with E-state index in [1.807, 2.05) is 0 Å². The van der Waals surface area contributed by atoms with Crippen molar-refractivity contribution in [3.05, 3.63) is 35.9 Å². The third kappa shape index (κ3) is 5.48. The Kier molecular flexibility index (Phi) is 8.12. The fraction of sp³-hybridized carbons (Fsp3) is 0.714. The van der Waals surface area contributed by atoms with Gasteiger partial charge in [0.05, 0.1) is 13.2 Å². The molecule has 1 aromatic carbocycles. The van der Waals surface area contributed by atoms with E-state index < -0.39 is 11.6 Å². The molecular weight excluding hydrogens is 406 g/mol. The van der Waals surface area contributed by atoms with Gasteiger partial charge in [-0.3, -0.25) is 0 Å². The Morgan fingerprint density at radius 2 is 1.34 bits per heavy atom. The largest absolute Gasteiger partial charge is 0.491 e. The van der Waals surface area contributed by atoms with Gasteiger partial charge in [0.15, 0.2) is 11.5 Å². The van der Waals surface area contributed by atoms with E-state index in [1.165, 1.54) is 69.9 Å². The predicted molar refractivity (Wildman–Crippen MR) is 125 cm³/mol. The van der Waals surface area contributed by atoms with E-state index in [2.05, 4.69) is 19.1 Å². The summed E-state index contributed by atoms with van der Waals surface area (Å²) in [5.41, 5.74) is 0. The van der Waals surface area contributed by atoms with Gasteiger partial charge in [0, 0.05) is 0 Å². The Balaban J connectivity index is 1.24. The lowest BCUT2D eigenvalue weighted by molar-refractivity contribution is 0.0499. The molecule has 0 bridgehead atoms. The van der Waals surface area contributed by atoms with Gasteiger partial charge in [-0.1, -0.05) is 12.2 Å². The van der Waals surface area contributed by atoms with E-state index in [0.29, 0.717) is 19.1 Å². The molecular formula is C28H40F2O2. The molecule has 4 rings (SSSR count). The number of hydrogen-bond donors (Lipinski definition) is 0. The SMILES string of the molecule is C/C=C/C1CCC(C2CCC3CC(COc4ccc(OCC)c(F)c4F)CCC3C2)CC1. The fourth-order valence-corrected chi connectivity index (χ4v) is 6.78. The van der Waals surface area contributed by atoms with Gasteiger partial charge in [-0.05, 0) is 126 Å². The van der Waals surface area contributed by atoms with E-state index in [0.717, 1.165) is 36.0 Å². The average Bonchev–Trinajstić information content (AvgIpc) is 2.82. The van der Waals surface area contributed by atoms with Crippen LogP contribution in [0.5, 0.6) is 11.5 Å². The molecule has 3 aliphatic carbocycles. The van der Waals surface area contributed by atoms with Gasteiger partial charge in [-0.25, -0.2) is 0 Å². The second kappa shape index (κ2) is 11.0. The van der Waals surface area contributed by atoms with Crippen molar-refractivity contribution >= 4 is 0 Å². The van der Waals surface area contributed by atoms with Crippen LogP contribution in [0.3, 0.4) is 0 Å². The lowest BCUT2D eigenvalue weighted by Crippen LogP contribution is -2.35. The summed E-state index contributed by atoms with van der Waals surface area (Å²) in [6.07, 6.45) is 17.9.